The van der Waals surface area contributed by atoms with Crippen molar-refractivity contribution >= 4 is 29.3 Å². The number of anilines is 1. The first-order valence-electron chi connectivity index (χ1n) is 12.2. The van der Waals surface area contributed by atoms with Crippen LogP contribution in [0.4, 0.5) is 5.82 Å². The first-order valence-corrected chi connectivity index (χ1v) is 12.6. The fourth-order valence-corrected chi connectivity index (χ4v) is 5.73. The molecule has 2 fully saturated rings. The number of benzene rings is 1. The highest BCUT2D eigenvalue weighted by molar-refractivity contribution is 6.30. The topological polar surface area (TPSA) is 85.8 Å². The molecule has 1 aromatic heterocycles. The van der Waals surface area contributed by atoms with Crippen LogP contribution in [-0.4, -0.2) is 64.5 Å². The molecular weight excluding hydrogens is 452 g/mol. The molecule has 8 heteroatoms. The molecule has 4 heterocycles. The molecule has 1 amide bonds. The quantitative estimate of drug-likeness (QED) is 0.671. The maximum Gasteiger partial charge on any atom is 0.325 e. The first-order chi connectivity index (χ1) is 16.5. The lowest BCUT2D eigenvalue weighted by atomic mass is 9.91. The third-order valence-electron chi connectivity index (χ3n) is 7.49. The first kappa shape index (κ1) is 23.1. The van der Waals surface area contributed by atoms with Crippen molar-refractivity contribution in [2.24, 2.45) is 5.92 Å². The van der Waals surface area contributed by atoms with E-state index in [-0.39, 0.29) is 11.8 Å². The molecule has 180 valence electrons. The van der Waals surface area contributed by atoms with Gasteiger partial charge in [-0.15, -0.1) is 0 Å². The average molecular weight is 483 g/mol. The van der Waals surface area contributed by atoms with Crippen LogP contribution in [0.2, 0.25) is 5.02 Å². The summed E-state index contributed by atoms with van der Waals surface area (Å²) in [5.74, 6) is 0.503. The van der Waals surface area contributed by atoms with Crippen molar-refractivity contribution in [2.75, 3.05) is 38.0 Å². The minimum absolute atomic E-state index is 0.154. The van der Waals surface area contributed by atoms with Crippen LogP contribution < -0.4 is 5.32 Å². The largest absolute Gasteiger partial charge is 0.480 e. The standard InChI is InChI=1S/C26H31ClN4O3/c27-21-6-3-18(4-7-21)23(26(33)34)31-15-11-20(16-31)25(32)30-13-9-17(10-14-30)22-8-5-19-2-1-12-28-24(19)29-22/h3-8,17,20,23H,1-2,9-16H2,(H,28,29)(H,33,34)/t20-,23+/m1/s1. The third-order valence-corrected chi connectivity index (χ3v) is 7.75. The molecular formula is C26H31ClN4O3. The summed E-state index contributed by atoms with van der Waals surface area (Å²) in [4.78, 5) is 34.1. The average Bonchev–Trinajstić information content (AvgIpc) is 3.34. The van der Waals surface area contributed by atoms with Crippen molar-refractivity contribution in [3.05, 3.63) is 58.2 Å². The molecule has 3 aliphatic rings. The van der Waals surface area contributed by atoms with E-state index in [4.69, 9.17) is 16.6 Å². The summed E-state index contributed by atoms with van der Waals surface area (Å²) < 4.78 is 0. The number of rotatable bonds is 5. The summed E-state index contributed by atoms with van der Waals surface area (Å²) in [7, 11) is 0. The Bertz CT molecular complexity index is 1050. The Hall–Kier alpha value is -2.64. The Balaban J connectivity index is 1.18. The molecule has 0 radical (unpaired) electrons. The molecule has 2 atom stereocenters. The summed E-state index contributed by atoms with van der Waals surface area (Å²) >= 11 is 5.97. The van der Waals surface area contributed by atoms with Crippen molar-refractivity contribution in [3.63, 3.8) is 0 Å². The fraction of sp³-hybridized carbons (Fsp3) is 0.500. The SMILES string of the molecule is O=C(O)[C@H](c1ccc(Cl)cc1)N1CC[C@@H](C(=O)N2CCC(c3ccc4c(n3)NCCC4)CC2)C1. The predicted molar refractivity (Wildman–Crippen MR) is 131 cm³/mol. The number of nitrogens with zero attached hydrogens (tertiary/aromatic N) is 3. The Labute approximate surface area is 205 Å². The van der Waals surface area contributed by atoms with Crippen LogP contribution in [0, 0.1) is 5.92 Å². The van der Waals surface area contributed by atoms with Gasteiger partial charge in [0.2, 0.25) is 5.91 Å². The monoisotopic (exact) mass is 482 g/mol. The Morgan fingerprint density at radius 1 is 1.06 bits per heavy atom. The highest BCUT2D eigenvalue weighted by Gasteiger charge is 2.38. The zero-order valence-corrected chi connectivity index (χ0v) is 20.0. The number of likely N-dealkylation sites (tertiary alicyclic amines) is 2. The second-order valence-corrected chi connectivity index (χ2v) is 10.1. The number of aryl methyl sites for hydroxylation is 1. The molecule has 0 saturated carbocycles. The van der Waals surface area contributed by atoms with E-state index in [9.17, 15) is 14.7 Å². The van der Waals surface area contributed by atoms with Crippen molar-refractivity contribution in [2.45, 2.75) is 44.1 Å². The number of carbonyl (C=O) groups excluding carboxylic acids is 1. The van der Waals surface area contributed by atoms with Gasteiger partial charge in [-0.25, -0.2) is 4.98 Å². The van der Waals surface area contributed by atoms with Crippen LogP contribution in [0.25, 0.3) is 0 Å². The molecule has 7 nitrogen and oxygen atoms in total. The number of carbonyl (C=O) groups is 2. The molecule has 34 heavy (non-hydrogen) atoms. The minimum Gasteiger partial charge on any atom is -0.480 e. The molecule has 1 aromatic carbocycles. The molecule has 2 N–H and O–H groups in total. The Morgan fingerprint density at radius 3 is 2.56 bits per heavy atom. The maximum absolute atomic E-state index is 13.3. The molecule has 5 rings (SSSR count). The summed E-state index contributed by atoms with van der Waals surface area (Å²) in [5.41, 5.74) is 3.11. The highest BCUT2D eigenvalue weighted by Crippen LogP contribution is 2.33. The van der Waals surface area contributed by atoms with Gasteiger partial charge < -0.3 is 15.3 Å². The van der Waals surface area contributed by atoms with Crippen molar-refractivity contribution in [1.82, 2.24) is 14.8 Å². The van der Waals surface area contributed by atoms with E-state index in [1.54, 1.807) is 24.3 Å². The number of carboxylic acid groups (broad SMARTS) is 1. The van der Waals surface area contributed by atoms with Gasteiger partial charge in [0.05, 0.1) is 5.92 Å². The van der Waals surface area contributed by atoms with Gasteiger partial charge in [-0.2, -0.15) is 0 Å². The zero-order valence-electron chi connectivity index (χ0n) is 19.3. The summed E-state index contributed by atoms with van der Waals surface area (Å²) in [5, 5.41) is 13.9. The van der Waals surface area contributed by atoms with E-state index in [1.807, 2.05) is 9.80 Å². The van der Waals surface area contributed by atoms with Gasteiger partial charge in [0, 0.05) is 49.4 Å². The number of carboxylic acids is 1. The van der Waals surface area contributed by atoms with E-state index in [0.29, 0.717) is 36.0 Å². The fourth-order valence-electron chi connectivity index (χ4n) is 5.60. The van der Waals surface area contributed by atoms with Crippen LogP contribution in [-0.2, 0) is 16.0 Å². The molecule has 0 spiro atoms. The number of aliphatic carboxylic acids is 1. The second kappa shape index (κ2) is 9.92. The van der Waals surface area contributed by atoms with Crippen LogP contribution in [0.3, 0.4) is 0 Å². The number of halogens is 1. The van der Waals surface area contributed by atoms with Gasteiger partial charge in [-0.1, -0.05) is 29.8 Å². The Kier molecular flexibility index (Phi) is 6.75. The smallest absolute Gasteiger partial charge is 0.325 e. The summed E-state index contributed by atoms with van der Waals surface area (Å²) in [6.45, 7) is 3.50. The summed E-state index contributed by atoms with van der Waals surface area (Å²) in [6.07, 6.45) is 4.75. The summed E-state index contributed by atoms with van der Waals surface area (Å²) in [6, 6.07) is 10.5. The number of amides is 1. The number of fused-ring (bicyclic) bond motifs is 1. The highest BCUT2D eigenvalue weighted by atomic mass is 35.5. The van der Waals surface area contributed by atoms with Gasteiger partial charge in [-0.3, -0.25) is 14.5 Å². The van der Waals surface area contributed by atoms with Gasteiger partial charge in [-0.05, 0) is 61.4 Å². The lowest BCUT2D eigenvalue weighted by Crippen LogP contribution is -2.42. The zero-order chi connectivity index (χ0) is 23.7. The number of hydrogen-bond acceptors (Lipinski definition) is 5. The lowest BCUT2D eigenvalue weighted by molar-refractivity contribution is -0.144. The van der Waals surface area contributed by atoms with E-state index >= 15 is 0 Å². The maximum atomic E-state index is 13.3. The van der Waals surface area contributed by atoms with Gasteiger partial charge in [0.15, 0.2) is 0 Å². The van der Waals surface area contributed by atoms with Crippen molar-refractivity contribution < 1.29 is 14.7 Å². The molecule has 0 aliphatic carbocycles. The number of hydrogen-bond donors (Lipinski definition) is 2. The van der Waals surface area contributed by atoms with Crippen molar-refractivity contribution in [1.29, 1.82) is 0 Å². The lowest BCUT2D eigenvalue weighted by Gasteiger charge is -2.34. The van der Waals surface area contributed by atoms with Crippen LogP contribution >= 0.6 is 11.6 Å². The van der Waals surface area contributed by atoms with Crippen LogP contribution in [0.15, 0.2) is 36.4 Å². The number of nitrogens with one attached hydrogen (secondary N) is 1. The van der Waals surface area contributed by atoms with Gasteiger partial charge in [0.25, 0.3) is 0 Å². The van der Waals surface area contributed by atoms with Crippen LogP contribution in [0.1, 0.15) is 54.5 Å². The third kappa shape index (κ3) is 4.77. The van der Waals surface area contributed by atoms with Crippen molar-refractivity contribution in [3.8, 4) is 0 Å². The van der Waals surface area contributed by atoms with Gasteiger partial charge >= 0.3 is 5.97 Å². The normalized spacial score (nSPS) is 22.1. The number of piperidine rings is 1. The second-order valence-electron chi connectivity index (χ2n) is 9.65. The molecule has 0 bridgehead atoms. The Morgan fingerprint density at radius 2 is 1.82 bits per heavy atom. The van der Waals surface area contributed by atoms with E-state index in [2.05, 4.69) is 17.4 Å². The molecule has 3 aliphatic heterocycles. The molecule has 0 unspecified atom stereocenters. The van der Waals surface area contributed by atoms with Gasteiger partial charge in [0.1, 0.15) is 11.9 Å². The minimum atomic E-state index is -0.900. The molecule has 2 saturated heterocycles. The van der Waals surface area contributed by atoms with Crippen LogP contribution in [0.5, 0.6) is 0 Å². The van der Waals surface area contributed by atoms with E-state index < -0.39 is 12.0 Å². The van der Waals surface area contributed by atoms with E-state index in [1.165, 1.54) is 5.56 Å². The molecule has 2 aromatic rings. The van der Waals surface area contributed by atoms with E-state index in [0.717, 1.165) is 56.8 Å². The predicted octanol–water partition coefficient (Wildman–Crippen LogP) is 3.95. The number of pyridine rings is 1. The number of aromatic nitrogens is 1.